The van der Waals surface area contributed by atoms with Crippen LogP contribution in [0.2, 0.25) is 0 Å². The molecule has 0 atom stereocenters. The molecule has 0 spiro atoms. The first-order chi connectivity index (χ1) is 12.5. The van der Waals surface area contributed by atoms with Crippen molar-refractivity contribution in [2.75, 3.05) is 5.32 Å². The van der Waals surface area contributed by atoms with Crippen molar-refractivity contribution < 1.29 is 4.79 Å². The predicted octanol–water partition coefficient (Wildman–Crippen LogP) is 1.70. The molecule has 1 amide bonds. The van der Waals surface area contributed by atoms with Gasteiger partial charge in [-0.05, 0) is 12.1 Å². The standard InChI is InChI=1S/C17H13N5O3S/c1-21-15(24)12(8-18-16(21)25)14(23)19-11-4-2-3-10(7-11)13-9-22-5-6-26-17(22)20-13/h2-9H,1H3,(H,18,25)(H,19,23). The van der Waals surface area contributed by atoms with Gasteiger partial charge in [-0.2, -0.15) is 0 Å². The van der Waals surface area contributed by atoms with E-state index in [0.29, 0.717) is 5.69 Å². The molecule has 0 aliphatic rings. The highest BCUT2D eigenvalue weighted by Gasteiger charge is 2.14. The Labute approximate surface area is 150 Å². The quantitative estimate of drug-likeness (QED) is 0.575. The van der Waals surface area contributed by atoms with E-state index in [1.165, 1.54) is 18.4 Å². The molecular weight excluding hydrogens is 354 g/mol. The van der Waals surface area contributed by atoms with Gasteiger partial charge in [0.25, 0.3) is 11.5 Å². The van der Waals surface area contributed by atoms with Gasteiger partial charge in [-0.15, -0.1) is 11.3 Å². The van der Waals surface area contributed by atoms with E-state index in [4.69, 9.17) is 0 Å². The van der Waals surface area contributed by atoms with Crippen molar-refractivity contribution in [2.45, 2.75) is 0 Å². The average Bonchev–Trinajstić information content (AvgIpc) is 3.22. The maximum Gasteiger partial charge on any atom is 0.328 e. The first-order valence-corrected chi connectivity index (χ1v) is 8.53. The number of thiazole rings is 1. The van der Waals surface area contributed by atoms with Gasteiger partial charge in [0.05, 0.1) is 5.69 Å². The lowest BCUT2D eigenvalue weighted by Crippen LogP contribution is -2.37. The molecule has 0 fully saturated rings. The van der Waals surface area contributed by atoms with Crippen LogP contribution in [0.5, 0.6) is 0 Å². The number of nitrogens with one attached hydrogen (secondary N) is 2. The Morgan fingerprint density at radius 2 is 2.15 bits per heavy atom. The second-order valence-corrected chi connectivity index (χ2v) is 6.50. The molecule has 0 aliphatic heterocycles. The Bertz CT molecular complexity index is 1220. The van der Waals surface area contributed by atoms with Crippen molar-refractivity contribution in [3.05, 3.63) is 74.6 Å². The number of carbonyl (C=O) groups excluding carboxylic acids is 1. The fraction of sp³-hybridized carbons (Fsp3) is 0.0588. The molecule has 8 nitrogen and oxygen atoms in total. The van der Waals surface area contributed by atoms with Gasteiger partial charge < -0.3 is 10.3 Å². The van der Waals surface area contributed by atoms with Crippen LogP contribution in [0.3, 0.4) is 0 Å². The number of amides is 1. The summed E-state index contributed by atoms with van der Waals surface area (Å²) in [6.07, 6.45) is 4.95. The molecule has 0 bridgehead atoms. The Kier molecular flexibility index (Phi) is 3.77. The summed E-state index contributed by atoms with van der Waals surface area (Å²) in [4.78, 5) is 43.6. The zero-order chi connectivity index (χ0) is 18.3. The van der Waals surface area contributed by atoms with E-state index >= 15 is 0 Å². The lowest BCUT2D eigenvalue weighted by molar-refractivity contribution is 0.102. The summed E-state index contributed by atoms with van der Waals surface area (Å²) in [5, 5.41) is 4.63. The number of imidazole rings is 1. The van der Waals surface area contributed by atoms with E-state index in [0.717, 1.165) is 27.0 Å². The summed E-state index contributed by atoms with van der Waals surface area (Å²) in [6.45, 7) is 0. The van der Waals surface area contributed by atoms with Crippen LogP contribution in [0.15, 0.2) is 57.8 Å². The topological polar surface area (TPSA) is 101 Å². The number of nitrogens with zero attached hydrogens (tertiary/aromatic N) is 3. The molecule has 4 aromatic rings. The highest BCUT2D eigenvalue weighted by atomic mass is 32.1. The number of fused-ring (bicyclic) bond motifs is 1. The largest absolute Gasteiger partial charge is 0.328 e. The molecule has 26 heavy (non-hydrogen) atoms. The lowest BCUT2D eigenvalue weighted by Gasteiger charge is -2.07. The van der Waals surface area contributed by atoms with E-state index in [-0.39, 0.29) is 5.56 Å². The van der Waals surface area contributed by atoms with Crippen molar-refractivity contribution in [1.29, 1.82) is 0 Å². The number of aromatic amines is 1. The van der Waals surface area contributed by atoms with Crippen LogP contribution >= 0.6 is 11.3 Å². The van der Waals surface area contributed by atoms with Crippen LogP contribution in [0.1, 0.15) is 10.4 Å². The fourth-order valence-corrected chi connectivity index (χ4v) is 3.25. The minimum atomic E-state index is -0.656. The molecule has 0 radical (unpaired) electrons. The smallest absolute Gasteiger partial charge is 0.322 e. The molecule has 0 saturated carbocycles. The van der Waals surface area contributed by atoms with Gasteiger partial charge in [-0.1, -0.05) is 12.1 Å². The monoisotopic (exact) mass is 367 g/mol. The number of H-pyrrole nitrogens is 1. The molecule has 130 valence electrons. The van der Waals surface area contributed by atoms with E-state index in [1.807, 2.05) is 28.2 Å². The van der Waals surface area contributed by atoms with Gasteiger partial charge in [-0.3, -0.25) is 18.6 Å². The first kappa shape index (κ1) is 16.0. The van der Waals surface area contributed by atoms with Crippen LogP contribution in [0.4, 0.5) is 5.69 Å². The van der Waals surface area contributed by atoms with Crippen molar-refractivity contribution in [3.8, 4) is 11.3 Å². The number of hydrogen-bond acceptors (Lipinski definition) is 5. The molecule has 2 N–H and O–H groups in total. The number of benzene rings is 1. The van der Waals surface area contributed by atoms with Crippen LogP contribution in [0, 0.1) is 0 Å². The van der Waals surface area contributed by atoms with E-state index in [2.05, 4.69) is 15.3 Å². The summed E-state index contributed by atoms with van der Waals surface area (Å²) in [7, 11) is 1.31. The molecule has 1 aromatic carbocycles. The summed E-state index contributed by atoms with van der Waals surface area (Å²) in [5.74, 6) is -0.593. The Morgan fingerprint density at radius 1 is 1.31 bits per heavy atom. The highest BCUT2D eigenvalue weighted by Crippen LogP contribution is 2.24. The maximum absolute atomic E-state index is 12.4. The van der Waals surface area contributed by atoms with Gasteiger partial charge in [0.2, 0.25) is 0 Å². The molecule has 0 saturated heterocycles. The first-order valence-electron chi connectivity index (χ1n) is 7.65. The second kappa shape index (κ2) is 6.12. The number of carbonyl (C=O) groups is 1. The zero-order valence-corrected chi connectivity index (χ0v) is 14.4. The molecule has 9 heteroatoms. The number of aromatic nitrogens is 4. The summed E-state index contributed by atoms with van der Waals surface area (Å²) in [6, 6.07) is 7.18. The van der Waals surface area contributed by atoms with Gasteiger partial charge in [0.1, 0.15) is 5.56 Å². The average molecular weight is 367 g/mol. The summed E-state index contributed by atoms with van der Waals surface area (Å²) in [5.41, 5.74) is 0.781. The SMILES string of the molecule is Cn1c(=O)[nH]cc(C(=O)Nc2cccc(-c3cn4ccsc4n3)c2)c1=O. The van der Waals surface area contributed by atoms with Crippen molar-refractivity contribution >= 4 is 27.9 Å². The van der Waals surface area contributed by atoms with Gasteiger partial charge >= 0.3 is 5.69 Å². The summed E-state index contributed by atoms with van der Waals surface area (Å²) >= 11 is 1.54. The van der Waals surface area contributed by atoms with E-state index in [9.17, 15) is 14.4 Å². The number of rotatable bonds is 3. The Balaban J connectivity index is 1.64. The Morgan fingerprint density at radius 3 is 2.96 bits per heavy atom. The third kappa shape index (κ3) is 2.74. The number of hydrogen-bond donors (Lipinski definition) is 2. The molecule has 3 heterocycles. The van der Waals surface area contributed by atoms with Gasteiger partial charge in [0.15, 0.2) is 4.96 Å². The summed E-state index contributed by atoms with van der Waals surface area (Å²) < 4.78 is 2.78. The predicted molar refractivity (Wildman–Crippen MR) is 98.8 cm³/mol. The second-order valence-electron chi connectivity index (χ2n) is 5.63. The Hall–Kier alpha value is -3.46. The molecule has 3 aromatic heterocycles. The molecular formula is C17H13N5O3S. The van der Waals surface area contributed by atoms with E-state index < -0.39 is 17.2 Å². The van der Waals surface area contributed by atoms with Crippen LogP contribution in [-0.2, 0) is 7.05 Å². The van der Waals surface area contributed by atoms with Crippen molar-refractivity contribution in [3.63, 3.8) is 0 Å². The molecule has 0 aliphatic carbocycles. The number of anilines is 1. The normalized spacial score (nSPS) is 11.0. The van der Waals surface area contributed by atoms with E-state index in [1.54, 1.807) is 18.2 Å². The van der Waals surface area contributed by atoms with Crippen molar-refractivity contribution in [1.82, 2.24) is 18.9 Å². The third-order valence-electron chi connectivity index (χ3n) is 3.93. The maximum atomic E-state index is 12.4. The van der Waals surface area contributed by atoms with Crippen LogP contribution in [-0.4, -0.2) is 24.8 Å². The van der Waals surface area contributed by atoms with Crippen molar-refractivity contribution in [2.24, 2.45) is 7.05 Å². The van der Waals surface area contributed by atoms with Crippen LogP contribution in [0.25, 0.3) is 16.2 Å². The molecule has 4 rings (SSSR count). The minimum Gasteiger partial charge on any atom is -0.322 e. The third-order valence-corrected chi connectivity index (χ3v) is 4.70. The molecule has 0 unspecified atom stereocenters. The minimum absolute atomic E-state index is 0.139. The van der Waals surface area contributed by atoms with Crippen LogP contribution < -0.4 is 16.6 Å². The lowest BCUT2D eigenvalue weighted by atomic mass is 10.1. The fourth-order valence-electron chi connectivity index (χ4n) is 2.55. The zero-order valence-electron chi connectivity index (χ0n) is 13.6. The van der Waals surface area contributed by atoms with Gasteiger partial charge in [0, 0.05) is 42.3 Å². The highest BCUT2D eigenvalue weighted by molar-refractivity contribution is 7.15. The van der Waals surface area contributed by atoms with Gasteiger partial charge in [-0.25, -0.2) is 9.78 Å².